The van der Waals surface area contributed by atoms with Crippen molar-refractivity contribution in [3.63, 3.8) is 0 Å². The molecule has 1 aromatic heterocycles. The maximum absolute atomic E-state index is 13.2. The molecular weight excluding hydrogens is 450 g/mol. The van der Waals surface area contributed by atoms with Crippen molar-refractivity contribution >= 4 is 23.5 Å². The zero-order valence-corrected chi connectivity index (χ0v) is 20.3. The van der Waals surface area contributed by atoms with Gasteiger partial charge in [-0.15, -0.1) is 0 Å². The van der Waals surface area contributed by atoms with Crippen molar-refractivity contribution in [1.29, 1.82) is 0 Å². The Labute approximate surface area is 202 Å². The lowest BCUT2D eigenvalue weighted by molar-refractivity contribution is -0.116. The third-order valence-corrected chi connectivity index (χ3v) is 6.80. The van der Waals surface area contributed by atoms with Crippen LogP contribution in [-0.2, 0) is 17.6 Å². The Morgan fingerprint density at radius 2 is 2.06 bits per heavy atom. The molecule has 3 aromatic rings. The molecule has 0 fully saturated rings. The second kappa shape index (κ2) is 10.2. The summed E-state index contributed by atoms with van der Waals surface area (Å²) in [5.41, 5.74) is 3.25. The van der Waals surface area contributed by atoms with Gasteiger partial charge < -0.3 is 19.4 Å². The molecular formula is C26H27N3O4S. The fourth-order valence-corrected chi connectivity index (χ4v) is 4.98. The molecule has 1 N–H and O–H groups in total. The van der Waals surface area contributed by atoms with Crippen LogP contribution in [-0.4, -0.2) is 29.2 Å². The molecule has 34 heavy (non-hydrogen) atoms. The van der Waals surface area contributed by atoms with Crippen LogP contribution in [0.1, 0.15) is 34.6 Å². The molecule has 0 radical (unpaired) electrons. The van der Waals surface area contributed by atoms with Gasteiger partial charge in [0.2, 0.25) is 5.91 Å². The van der Waals surface area contributed by atoms with E-state index in [1.54, 1.807) is 23.8 Å². The first-order valence-corrected chi connectivity index (χ1v) is 11.9. The fraction of sp³-hybridized carbons (Fsp3) is 0.269. The molecule has 8 heteroatoms. The maximum Gasteiger partial charge on any atom is 0.279 e. The normalized spacial score (nSPS) is 14.8. The van der Waals surface area contributed by atoms with Gasteiger partial charge in [-0.25, -0.2) is 0 Å². The molecule has 2 heterocycles. The van der Waals surface area contributed by atoms with Crippen LogP contribution in [0.25, 0.3) is 0 Å². The lowest BCUT2D eigenvalue weighted by atomic mass is 9.86. The van der Waals surface area contributed by atoms with Gasteiger partial charge in [0.25, 0.3) is 5.56 Å². The number of nitrogens with zero attached hydrogens (tertiary/aromatic N) is 2. The molecule has 7 nitrogen and oxygen atoms in total. The summed E-state index contributed by atoms with van der Waals surface area (Å²) < 4.78 is 12.9. The van der Waals surface area contributed by atoms with Crippen molar-refractivity contribution in [2.75, 3.05) is 19.0 Å². The van der Waals surface area contributed by atoms with Crippen molar-refractivity contribution in [2.24, 2.45) is 7.05 Å². The maximum atomic E-state index is 13.2. The van der Waals surface area contributed by atoms with Crippen LogP contribution in [0, 0.1) is 6.92 Å². The van der Waals surface area contributed by atoms with Crippen LogP contribution < -0.4 is 20.3 Å². The lowest BCUT2D eigenvalue weighted by Crippen LogP contribution is -2.33. The highest BCUT2D eigenvalue weighted by atomic mass is 32.2. The Morgan fingerprint density at radius 1 is 1.24 bits per heavy atom. The highest BCUT2D eigenvalue weighted by Crippen LogP contribution is 2.39. The second-order valence-electron chi connectivity index (χ2n) is 8.11. The largest absolute Gasteiger partial charge is 0.493 e. The number of methoxy groups -OCH3 is 1. The minimum Gasteiger partial charge on any atom is -0.493 e. The van der Waals surface area contributed by atoms with E-state index in [-0.39, 0.29) is 17.9 Å². The van der Waals surface area contributed by atoms with Crippen molar-refractivity contribution in [2.45, 2.75) is 30.2 Å². The minimum atomic E-state index is -0.437. The summed E-state index contributed by atoms with van der Waals surface area (Å²) in [5, 5.41) is 3.44. The summed E-state index contributed by atoms with van der Waals surface area (Å²) >= 11 is 1.47. The van der Waals surface area contributed by atoms with E-state index in [1.165, 1.54) is 17.3 Å². The van der Waals surface area contributed by atoms with Crippen LogP contribution >= 0.6 is 11.8 Å². The Kier molecular flexibility index (Phi) is 7.07. The molecule has 1 amide bonds. The molecule has 1 aliphatic heterocycles. The monoisotopic (exact) mass is 477 g/mol. The molecule has 176 valence electrons. The van der Waals surface area contributed by atoms with Gasteiger partial charge in [-0.2, -0.15) is 4.98 Å². The number of amides is 1. The Morgan fingerprint density at radius 3 is 2.79 bits per heavy atom. The zero-order valence-electron chi connectivity index (χ0n) is 19.5. The zero-order chi connectivity index (χ0) is 24.2. The van der Waals surface area contributed by atoms with Crippen LogP contribution in [0.2, 0.25) is 0 Å². The van der Waals surface area contributed by atoms with E-state index in [0.717, 1.165) is 11.1 Å². The third kappa shape index (κ3) is 4.87. The number of aromatic nitrogens is 2. The van der Waals surface area contributed by atoms with E-state index < -0.39 is 5.92 Å². The molecule has 0 aliphatic carbocycles. The first kappa shape index (κ1) is 23.6. The molecule has 0 saturated heterocycles. The highest BCUT2D eigenvalue weighted by molar-refractivity contribution is 7.98. The number of benzene rings is 2. The van der Waals surface area contributed by atoms with Crippen LogP contribution in [0.15, 0.2) is 65.1 Å². The van der Waals surface area contributed by atoms with Crippen molar-refractivity contribution in [3.8, 4) is 11.5 Å². The van der Waals surface area contributed by atoms with Gasteiger partial charge in [0, 0.05) is 25.1 Å². The smallest absolute Gasteiger partial charge is 0.279 e. The van der Waals surface area contributed by atoms with Crippen LogP contribution in [0.5, 0.6) is 11.5 Å². The summed E-state index contributed by atoms with van der Waals surface area (Å²) in [5.74, 6) is 1.66. The molecule has 2 aromatic carbocycles. The Balaban J connectivity index is 1.69. The van der Waals surface area contributed by atoms with Crippen molar-refractivity contribution < 1.29 is 14.3 Å². The SMILES string of the molecule is C=CCOc1ccc(C2CC(=O)Nc3c2c(=O)nc(SCc2cccc(C)c2)n3C)cc1OC. The summed E-state index contributed by atoms with van der Waals surface area (Å²) in [7, 11) is 3.37. The molecule has 4 rings (SSSR count). The van der Waals surface area contributed by atoms with Crippen molar-refractivity contribution in [1.82, 2.24) is 9.55 Å². The summed E-state index contributed by atoms with van der Waals surface area (Å²) in [4.78, 5) is 30.2. The number of ether oxygens (including phenoxy) is 2. The van der Waals surface area contributed by atoms with Crippen molar-refractivity contribution in [3.05, 3.63) is 87.7 Å². The van der Waals surface area contributed by atoms with Gasteiger partial charge in [-0.1, -0.05) is 60.3 Å². The molecule has 1 aliphatic rings. The number of nitrogens with one attached hydrogen (secondary N) is 1. The number of fused-ring (bicyclic) bond motifs is 1. The predicted molar refractivity (Wildman–Crippen MR) is 134 cm³/mol. The number of aryl methyl sites for hydroxylation is 1. The number of carbonyl (C=O) groups excluding carboxylic acids is 1. The quantitative estimate of drug-likeness (QED) is 0.294. The Bertz CT molecular complexity index is 1300. The van der Waals surface area contributed by atoms with Gasteiger partial charge in [-0.3, -0.25) is 9.59 Å². The van der Waals surface area contributed by atoms with E-state index in [2.05, 4.69) is 22.9 Å². The topological polar surface area (TPSA) is 82.5 Å². The molecule has 1 unspecified atom stereocenters. The number of thioether (sulfide) groups is 1. The van der Waals surface area contributed by atoms with Crippen LogP contribution in [0.4, 0.5) is 5.82 Å². The van der Waals surface area contributed by atoms with Gasteiger partial charge in [0.15, 0.2) is 16.7 Å². The first-order chi connectivity index (χ1) is 16.4. The molecule has 0 bridgehead atoms. The highest BCUT2D eigenvalue weighted by Gasteiger charge is 2.32. The van der Waals surface area contributed by atoms with Gasteiger partial charge in [0.05, 0.1) is 12.7 Å². The van der Waals surface area contributed by atoms with E-state index in [1.807, 2.05) is 44.3 Å². The average molecular weight is 478 g/mol. The minimum absolute atomic E-state index is 0.149. The third-order valence-electron chi connectivity index (χ3n) is 5.70. The standard InChI is InChI=1S/C26H27N3O4S/c1-5-11-33-20-10-9-18(13-21(20)32-4)19-14-22(30)27-24-23(19)25(31)28-26(29(24)3)34-15-17-8-6-7-16(2)12-17/h5-10,12-13,19H,1,11,14-15H2,2-4H3,(H,27,30). The number of carbonyl (C=O) groups is 1. The molecule has 0 spiro atoms. The van der Waals surface area contributed by atoms with Crippen LogP contribution in [0.3, 0.4) is 0 Å². The lowest BCUT2D eigenvalue weighted by Gasteiger charge is -2.28. The van der Waals surface area contributed by atoms with E-state index in [9.17, 15) is 9.59 Å². The average Bonchev–Trinajstić information content (AvgIpc) is 2.83. The van der Waals surface area contributed by atoms with E-state index in [4.69, 9.17) is 9.47 Å². The summed E-state index contributed by atoms with van der Waals surface area (Å²) in [6.07, 6.45) is 1.80. The number of hydrogen-bond donors (Lipinski definition) is 1. The molecule has 0 saturated carbocycles. The fourth-order valence-electron chi connectivity index (χ4n) is 4.07. The van der Waals surface area contributed by atoms with E-state index >= 15 is 0 Å². The summed E-state index contributed by atoms with van der Waals surface area (Å²) in [6, 6.07) is 13.7. The van der Waals surface area contributed by atoms with Gasteiger partial charge in [0.1, 0.15) is 12.4 Å². The molecule has 1 atom stereocenters. The van der Waals surface area contributed by atoms with Gasteiger partial charge in [-0.05, 0) is 30.2 Å². The van der Waals surface area contributed by atoms with Gasteiger partial charge >= 0.3 is 0 Å². The first-order valence-electron chi connectivity index (χ1n) is 10.9. The number of rotatable bonds is 8. The summed E-state index contributed by atoms with van der Waals surface area (Å²) in [6.45, 7) is 6.05. The number of anilines is 1. The predicted octanol–water partition coefficient (Wildman–Crippen LogP) is 4.43. The number of hydrogen-bond acceptors (Lipinski definition) is 6. The van der Waals surface area contributed by atoms with E-state index in [0.29, 0.717) is 40.4 Å². The Hall–Kier alpha value is -3.52. The second-order valence-corrected chi connectivity index (χ2v) is 9.06.